The Hall–Kier alpha value is -2.30. The molecule has 1 saturated heterocycles. The van der Waals surface area contributed by atoms with Gasteiger partial charge in [-0.15, -0.1) is 0 Å². The van der Waals surface area contributed by atoms with Gasteiger partial charge in [0.1, 0.15) is 0 Å². The summed E-state index contributed by atoms with van der Waals surface area (Å²) in [5.74, 6) is 0.623. The average molecular weight is 261 g/mol. The summed E-state index contributed by atoms with van der Waals surface area (Å²) in [6, 6.07) is 5.39. The topological polar surface area (TPSA) is 64.6 Å². The van der Waals surface area contributed by atoms with E-state index < -0.39 is 0 Å². The second-order valence-electron chi connectivity index (χ2n) is 4.23. The average Bonchev–Trinajstić information content (AvgIpc) is 2.76. The van der Waals surface area contributed by atoms with Crippen LogP contribution in [-0.4, -0.2) is 26.0 Å². The summed E-state index contributed by atoms with van der Waals surface area (Å²) in [6.45, 7) is 1.81. The molecule has 0 spiro atoms. The van der Waals surface area contributed by atoms with Gasteiger partial charge >= 0.3 is 0 Å². The summed E-state index contributed by atoms with van der Waals surface area (Å²) in [5, 5.41) is 2.28. The van der Waals surface area contributed by atoms with Crippen molar-refractivity contribution < 1.29 is 19.1 Å². The van der Waals surface area contributed by atoms with Crippen molar-refractivity contribution in [2.45, 2.75) is 13.3 Å². The summed E-state index contributed by atoms with van der Waals surface area (Å²) >= 11 is 0. The van der Waals surface area contributed by atoms with Crippen LogP contribution in [0.1, 0.15) is 18.9 Å². The third-order valence-corrected chi connectivity index (χ3v) is 3.13. The highest BCUT2D eigenvalue weighted by Crippen LogP contribution is 2.32. The van der Waals surface area contributed by atoms with Crippen LogP contribution < -0.4 is 14.8 Å². The summed E-state index contributed by atoms with van der Waals surface area (Å²) < 4.78 is 10.4. The molecule has 1 aromatic carbocycles. The summed E-state index contributed by atoms with van der Waals surface area (Å²) in [6.07, 6.45) is 0.124. The second-order valence-corrected chi connectivity index (χ2v) is 4.23. The van der Waals surface area contributed by atoms with Gasteiger partial charge in [0, 0.05) is 5.57 Å². The fourth-order valence-electron chi connectivity index (χ4n) is 2.03. The van der Waals surface area contributed by atoms with E-state index >= 15 is 0 Å². The van der Waals surface area contributed by atoms with E-state index in [9.17, 15) is 9.59 Å². The molecular weight excluding hydrogens is 246 g/mol. The Labute approximate surface area is 111 Å². The molecule has 1 aromatic rings. The van der Waals surface area contributed by atoms with Crippen LogP contribution in [-0.2, 0) is 9.59 Å². The number of hydrogen-bond donors (Lipinski definition) is 1. The van der Waals surface area contributed by atoms with Crippen molar-refractivity contribution >= 4 is 17.4 Å². The maximum Gasteiger partial charge on any atom is 0.254 e. The lowest BCUT2D eigenvalue weighted by Gasteiger charge is -2.10. The first-order chi connectivity index (χ1) is 9.06. The van der Waals surface area contributed by atoms with Gasteiger partial charge in [0.2, 0.25) is 5.91 Å². The summed E-state index contributed by atoms with van der Waals surface area (Å²) in [7, 11) is 3.11. The van der Waals surface area contributed by atoms with E-state index in [0.29, 0.717) is 17.1 Å². The molecule has 1 heterocycles. The van der Waals surface area contributed by atoms with Gasteiger partial charge in [-0.05, 0) is 30.2 Å². The zero-order valence-electron chi connectivity index (χ0n) is 11.1. The number of carbonyl (C=O) groups excluding carboxylic acids is 2. The molecule has 2 amide bonds. The third-order valence-electron chi connectivity index (χ3n) is 3.13. The molecule has 0 saturated carbocycles. The first-order valence-corrected chi connectivity index (χ1v) is 5.83. The number of nitrogens with one attached hydrogen (secondary N) is 1. The first-order valence-electron chi connectivity index (χ1n) is 5.83. The van der Waals surface area contributed by atoms with E-state index in [1.807, 2.05) is 13.0 Å². The van der Waals surface area contributed by atoms with E-state index in [0.717, 1.165) is 11.1 Å². The lowest BCUT2D eigenvalue weighted by molar-refractivity contribution is -0.124. The number of rotatable bonds is 3. The van der Waals surface area contributed by atoms with Crippen LogP contribution in [0.3, 0.4) is 0 Å². The van der Waals surface area contributed by atoms with Crippen molar-refractivity contribution in [2.24, 2.45) is 0 Å². The van der Waals surface area contributed by atoms with Crippen LogP contribution in [0.5, 0.6) is 11.5 Å². The molecule has 1 aliphatic rings. The van der Waals surface area contributed by atoms with E-state index in [2.05, 4.69) is 5.32 Å². The van der Waals surface area contributed by atoms with Crippen LogP contribution in [0.25, 0.3) is 5.57 Å². The van der Waals surface area contributed by atoms with Gasteiger partial charge in [0.15, 0.2) is 11.5 Å². The van der Waals surface area contributed by atoms with Crippen molar-refractivity contribution in [3.8, 4) is 11.5 Å². The molecule has 5 nitrogen and oxygen atoms in total. The van der Waals surface area contributed by atoms with E-state index in [4.69, 9.17) is 9.47 Å². The first kappa shape index (κ1) is 13.1. The lowest BCUT2D eigenvalue weighted by Crippen LogP contribution is -2.19. The molecule has 19 heavy (non-hydrogen) atoms. The van der Waals surface area contributed by atoms with Gasteiger partial charge in [0.05, 0.1) is 20.6 Å². The Balaban J connectivity index is 2.44. The van der Waals surface area contributed by atoms with Gasteiger partial charge in [-0.3, -0.25) is 14.9 Å². The van der Waals surface area contributed by atoms with Gasteiger partial charge in [-0.25, -0.2) is 0 Å². The van der Waals surface area contributed by atoms with Gasteiger partial charge in [-0.2, -0.15) is 0 Å². The van der Waals surface area contributed by atoms with Crippen molar-refractivity contribution in [2.75, 3.05) is 14.2 Å². The molecule has 5 heteroatoms. The maximum absolute atomic E-state index is 11.6. The van der Waals surface area contributed by atoms with E-state index in [-0.39, 0.29) is 18.2 Å². The molecule has 0 aromatic heterocycles. The quantitative estimate of drug-likeness (QED) is 0.662. The van der Waals surface area contributed by atoms with Crippen molar-refractivity contribution in [1.29, 1.82) is 0 Å². The van der Waals surface area contributed by atoms with E-state index in [1.165, 1.54) is 0 Å². The highest BCUT2D eigenvalue weighted by molar-refractivity contribution is 6.17. The highest BCUT2D eigenvalue weighted by atomic mass is 16.5. The SMILES string of the molecule is COc1ccc(C(C)=C2CC(=O)NC2=O)cc1OC. The lowest BCUT2D eigenvalue weighted by atomic mass is 10.00. The molecule has 0 radical (unpaired) electrons. The molecule has 2 rings (SSSR count). The molecule has 1 fully saturated rings. The number of imide groups is 1. The number of allylic oxidation sites excluding steroid dienone is 1. The Morgan fingerprint density at radius 3 is 2.37 bits per heavy atom. The number of methoxy groups -OCH3 is 2. The minimum Gasteiger partial charge on any atom is -0.493 e. The van der Waals surface area contributed by atoms with Crippen LogP contribution in [0.2, 0.25) is 0 Å². The molecule has 100 valence electrons. The minimum atomic E-state index is -0.322. The molecule has 1 aliphatic heterocycles. The van der Waals surface area contributed by atoms with Crippen LogP contribution in [0.4, 0.5) is 0 Å². The zero-order valence-corrected chi connectivity index (χ0v) is 11.1. The van der Waals surface area contributed by atoms with Crippen LogP contribution in [0.15, 0.2) is 23.8 Å². The predicted octanol–water partition coefficient (Wildman–Crippen LogP) is 1.52. The molecule has 1 N–H and O–H groups in total. The number of hydrogen-bond acceptors (Lipinski definition) is 4. The summed E-state index contributed by atoms with van der Waals surface area (Å²) in [4.78, 5) is 22.8. The number of ether oxygens (including phenoxy) is 2. The molecule has 0 bridgehead atoms. The Bertz CT molecular complexity index is 575. The molecule has 0 aliphatic carbocycles. The van der Waals surface area contributed by atoms with Gasteiger partial charge in [-0.1, -0.05) is 6.07 Å². The third kappa shape index (κ3) is 2.45. The minimum absolute atomic E-state index is 0.124. The number of amides is 2. The monoisotopic (exact) mass is 261 g/mol. The normalized spacial score (nSPS) is 17.2. The predicted molar refractivity (Wildman–Crippen MR) is 69.9 cm³/mol. The zero-order chi connectivity index (χ0) is 14.0. The Morgan fingerprint density at radius 1 is 1.16 bits per heavy atom. The molecule has 0 atom stereocenters. The van der Waals surface area contributed by atoms with E-state index in [1.54, 1.807) is 26.4 Å². The smallest absolute Gasteiger partial charge is 0.254 e. The van der Waals surface area contributed by atoms with Crippen LogP contribution >= 0.6 is 0 Å². The fraction of sp³-hybridized carbons (Fsp3) is 0.286. The van der Waals surface area contributed by atoms with Gasteiger partial charge in [0.25, 0.3) is 5.91 Å². The fourth-order valence-corrected chi connectivity index (χ4v) is 2.03. The van der Waals surface area contributed by atoms with Crippen molar-refractivity contribution in [3.63, 3.8) is 0 Å². The number of carbonyl (C=O) groups is 2. The maximum atomic E-state index is 11.6. The second kappa shape index (κ2) is 5.14. The largest absolute Gasteiger partial charge is 0.493 e. The van der Waals surface area contributed by atoms with Crippen molar-refractivity contribution in [3.05, 3.63) is 29.3 Å². The highest BCUT2D eigenvalue weighted by Gasteiger charge is 2.26. The molecule has 0 unspecified atom stereocenters. The molecular formula is C14H15NO4. The summed E-state index contributed by atoms with van der Waals surface area (Å²) in [5.41, 5.74) is 2.10. The standard InChI is InChI=1S/C14H15NO4/c1-8(10-7-13(16)15-14(10)17)9-4-5-11(18-2)12(6-9)19-3/h4-6H,7H2,1-3H3,(H,15,16,17). The van der Waals surface area contributed by atoms with Crippen LogP contribution in [0, 0.1) is 0 Å². The van der Waals surface area contributed by atoms with Crippen molar-refractivity contribution in [1.82, 2.24) is 5.32 Å². The Kier molecular flexibility index (Phi) is 3.55. The Morgan fingerprint density at radius 2 is 1.84 bits per heavy atom. The van der Waals surface area contributed by atoms with Gasteiger partial charge < -0.3 is 9.47 Å². The number of benzene rings is 1.